The Bertz CT molecular complexity index is 793. The van der Waals surface area contributed by atoms with Gasteiger partial charge in [-0.3, -0.25) is 9.69 Å². The number of rotatable bonds is 6. The molecule has 29 heavy (non-hydrogen) atoms. The predicted molar refractivity (Wildman–Crippen MR) is 111 cm³/mol. The molecule has 2 aliphatic heterocycles. The second-order valence-electron chi connectivity index (χ2n) is 7.72. The molecule has 0 saturated carbocycles. The van der Waals surface area contributed by atoms with Gasteiger partial charge in [0.2, 0.25) is 5.88 Å². The second-order valence-corrected chi connectivity index (χ2v) is 7.72. The molecule has 1 aromatic carbocycles. The molecule has 3 heterocycles. The topological polar surface area (TPSA) is 54.9 Å². The van der Waals surface area contributed by atoms with Gasteiger partial charge in [-0.15, -0.1) is 0 Å². The van der Waals surface area contributed by atoms with Gasteiger partial charge in [0.25, 0.3) is 5.91 Å². The van der Waals surface area contributed by atoms with Crippen LogP contribution < -0.4 is 4.74 Å². The van der Waals surface area contributed by atoms with Gasteiger partial charge in [0.05, 0.1) is 13.2 Å². The van der Waals surface area contributed by atoms with E-state index in [2.05, 4.69) is 14.8 Å². The number of hydrogen-bond acceptors (Lipinski definition) is 5. The third-order valence-electron chi connectivity index (χ3n) is 5.67. The number of aromatic nitrogens is 1. The first-order valence-corrected chi connectivity index (χ1v) is 10.5. The molecule has 1 aromatic heterocycles. The molecule has 0 spiro atoms. The minimum Gasteiger partial charge on any atom is -0.473 e. The Morgan fingerprint density at radius 2 is 1.93 bits per heavy atom. The fourth-order valence-electron chi connectivity index (χ4n) is 4.06. The minimum atomic E-state index is 0.0786. The number of likely N-dealkylation sites (tertiary alicyclic amines) is 1. The van der Waals surface area contributed by atoms with Gasteiger partial charge in [0, 0.05) is 50.0 Å². The van der Waals surface area contributed by atoms with Crippen LogP contribution in [0.15, 0.2) is 48.7 Å². The van der Waals surface area contributed by atoms with E-state index in [-0.39, 0.29) is 11.9 Å². The van der Waals surface area contributed by atoms with Gasteiger partial charge in [-0.1, -0.05) is 30.3 Å². The van der Waals surface area contributed by atoms with Crippen LogP contribution in [-0.4, -0.2) is 66.1 Å². The first-order chi connectivity index (χ1) is 14.3. The Balaban J connectivity index is 1.41. The van der Waals surface area contributed by atoms with Gasteiger partial charge in [-0.25, -0.2) is 4.98 Å². The van der Waals surface area contributed by atoms with E-state index in [0.717, 1.165) is 57.8 Å². The van der Waals surface area contributed by atoms with Crippen LogP contribution >= 0.6 is 0 Å². The van der Waals surface area contributed by atoms with Crippen LogP contribution in [0.4, 0.5) is 0 Å². The van der Waals surface area contributed by atoms with Gasteiger partial charge in [0.1, 0.15) is 6.61 Å². The average molecular weight is 396 g/mol. The smallest absolute Gasteiger partial charge is 0.254 e. The van der Waals surface area contributed by atoms with Crippen LogP contribution in [0.2, 0.25) is 0 Å². The van der Waals surface area contributed by atoms with E-state index < -0.39 is 0 Å². The summed E-state index contributed by atoms with van der Waals surface area (Å²) in [7, 11) is 0. The number of pyridine rings is 1. The fraction of sp³-hybridized carbons (Fsp3) is 0.478. The Kier molecular flexibility index (Phi) is 6.75. The third-order valence-corrected chi connectivity index (χ3v) is 5.67. The van der Waals surface area contributed by atoms with Crippen LogP contribution in [0.25, 0.3) is 0 Å². The van der Waals surface area contributed by atoms with Gasteiger partial charge < -0.3 is 14.4 Å². The summed E-state index contributed by atoms with van der Waals surface area (Å²) in [5.74, 6) is 0.566. The number of carbonyl (C=O) groups is 1. The molecule has 4 rings (SSSR count). The summed E-state index contributed by atoms with van der Waals surface area (Å²) in [6.45, 7) is 5.65. The highest BCUT2D eigenvalue weighted by Gasteiger charge is 2.29. The quantitative estimate of drug-likeness (QED) is 0.753. The molecule has 154 valence electrons. The van der Waals surface area contributed by atoms with Crippen molar-refractivity contribution in [3.63, 3.8) is 0 Å². The number of carbonyl (C=O) groups excluding carboxylic acids is 1. The van der Waals surface area contributed by atoms with Crippen molar-refractivity contribution in [3.8, 4) is 5.88 Å². The molecule has 0 bridgehead atoms. The van der Waals surface area contributed by atoms with Gasteiger partial charge >= 0.3 is 0 Å². The highest BCUT2D eigenvalue weighted by molar-refractivity contribution is 5.94. The van der Waals surface area contributed by atoms with Crippen molar-refractivity contribution in [2.24, 2.45) is 0 Å². The summed E-state index contributed by atoms with van der Waals surface area (Å²) < 4.78 is 11.3. The number of amides is 1. The van der Waals surface area contributed by atoms with E-state index >= 15 is 0 Å². The van der Waals surface area contributed by atoms with Crippen molar-refractivity contribution in [3.05, 3.63) is 59.8 Å². The standard InChI is InChI=1S/C23H29N3O3/c27-23(26-11-5-4-8-21(26)17-25-12-14-28-15-13-25)20-9-10-24-22(16-20)29-18-19-6-2-1-3-7-19/h1-3,6-7,9-10,16,21H,4-5,8,11-15,17-18H2/t21-/m1/s1. The van der Waals surface area contributed by atoms with Crippen molar-refractivity contribution < 1.29 is 14.3 Å². The minimum absolute atomic E-state index is 0.0786. The normalized spacial score (nSPS) is 20.4. The zero-order chi connectivity index (χ0) is 19.9. The number of benzene rings is 1. The molecule has 2 aliphatic rings. The Hall–Kier alpha value is -2.44. The SMILES string of the molecule is O=C(c1ccnc(OCc2ccccc2)c1)N1CCCC[C@@H]1CN1CCOCC1. The zero-order valence-electron chi connectivity index (χ0n) is 16.8. The molecule has 0 unspecified atom stereocenters. The fourth-order valence-corrected chi connectivity index (χ4v) is 4.06. The maximum Gasteiger partial charge on any atom is 0.254 e. The first kappa shape index (κ1) is 19.9. The molecule has 6 nitrogen and oxygen atoms in total. The zero-order valence-corrected chi connectivity index (χ0v) is 16.8. The lowest BCUT2D eigenvalue weighted by Gasteiger charge is -2.39. The molecule has 6 heteroatoms. The van der Waals surface area contributed by atoms with E-state index in [0.29, 0.717) is 18.1 Å². The van der Waals surface area contributed by atoms with Crippen molar-refractivity contribution in [2.75, 3.05) is 39.4 Å². The lowest BCUT2D eigenvalue weighted by Crippen LogP contribution is -2.51. The lowest BCUT2D eigenvalue weighted by molar-refractivity contribution is 0.0166. The highest BCUT2D eigenvalue weighted by Crippen LogP contribution is 2.22. The highest BCUT2D eigenvalue weighted by atomic mass is 16.5. The molecular weight excluding hydrogens is 366 g/mol. The number of piperidine rings is 1. The third kappa shape index (κ3) is 5.34. The number of hydrogen-bond donors (Lipinski definition) is 0. The van der Waals surface area contributed by atoms with Crippen molar-refractivity contribution in [2.45, 2.75) is 31.9 Å². The molecule has 0 N–H and O–H groups in total. The van der Waals surface area contributed by atoms with Crippen molar-refractivity contribution in [1.82, 2.24) is 14.8 Å². The maximum absolute atomic E-state index is 13.3. The van der Waals surface area contributed by atoms with Crippen LogP contribution in [0.3, 0.4) is 0 Å². The number of morpholine rings is 1. The molecule has 0 radical (unpaired) electrons. The molecule has 2 saturated heterocycles. The summed E-state index contributed by atoms with van der Waals surface area (Å²) in [5.41, 5.74) is 1.73. The monoisotopic (exact) mass is 395 g/mol. The summed E-state index contributed by atoms with van der Waals surface area (Å²) in [6.07, 6.45) is 4.97. The van der Waals surface area contributed by atoms with E-state index in [1.165, 1.54) is 6.42 Å². The molecule has 0 aliphatic carbocycles. The number of nitrogens with zero attached hydrogens (tertiary/aromatic N) is 3. The molecule has 1 atom stereocenters. The van der Waals surface area contributed by atoms with Crippen molar-refractivity contribution >= 4 is 5.91 Å². The van der Waals surface area contributed by atoms with Crippen LogP contribution in [0.5, 0.6) is 5.88 Å². The number of ether oxygens (including phenoxy) is 2. The predicted octanol–water partition coefficient (Wildman–Crippen LogP) is 2.99. The van der Waals surface area contributed by atoms with Gasteiger partial charge in [-0.2, -0.15) is 0 Å². The Labute approximate surface area is 172 Å². The maximum atomic E-state index is 13.3. The van der Waals surface area contributed by atoms with E-state index in [9.17, 15) is 4.79 Å². The largest absolute Gasteiger partial charge is 0.473 e. The summed E-state index contributed by atoms with van der Waals surface area (Å²) in [6, 6.07) is 13.8. The molecule has 2 aromatic rings. The van der Waals surface area contributed by atoms with Crippen LogP contribution in [0, 0.1) is 0 Å². The Morgan fingerprint density at radius 1 is 1.10 bits per heavy atom. The average Bonchev–Trinajstić information content (AvgIpc) is 2.79. The molecular formula is C23H29N3O3. The van der Waals surface area contributed by atoms with Gasteiger partial charge in [-0.05, 0) is 30.9 Å². The van der Waals surface area contributed by atoms with E-state index in [4.69, 9.17) is 9.47 Å². The molecule has 2 fully saturated rings. The van der Waals surface area contributed by atoms with Gasteiger partial charge in [0.15, 0.2) is 0 Å². The van der Waals surface area contributed by atoms with E-state index in [1.807, 2.05) is 30.3 Å². The van der Waals surface area contributed by atoms with Crippen LogP contribution in [-0.2, 0) is 11.3 Å². The summed E-state index contributed by atoms with van der Waals surface area (Å²) in [4.78, 5) is 22.0. The van der Waals surface area contributed by atoms with Crippen LogP contribution in [0.1, 0.15) is 35.2 Å². The lowest BCUT2D eigenvalue weighted by atomic mass is 10.00. The first-order valence-electron chi connectivity index (χ1n) is 10.5. The second kappa shape index (κ2) is 9.85. The summed E-state index contributed by atoms with van der Waals surface area (Å²) >= 11 is 0. The van der Waals surface area contributed by atoms with Crippen molar-refractivity contribution in [1.29, 1.82) is 0 Å². The molecule has 1 amide bonds. The van der Waals surface area contributed by atoms with E-state index in [1.54, 1.807) is 18.3 Å². The summed E-state index contributed by atoms with van der Waals surface area (Å²) in [5, 5.41) is 0. The Morgan fingerprint density at radius 3 is 2.76 bits per heavy atom.